The monoisotopic (exact) mass is 231 g/mol. The summed E-state index contributed by atoms with van der Waals surface area (Å²) in [6.07, 6.45) is -0.304. The van der Waals surface area contributed by atoms with Gasteiger partial charge in [-0.15, -0.1) is 11.6 Å². The van der Waals surface area contributed by atoms with Gasteiger partial charge in [0.1, 0.15) is 6.42 Å². The number of nitrogens with zero attached hydrogens (tertiary/aromatic N) is 2. The third-order valence-corrected chi connectivity index (χ3v) is 1.87. The Morgan fingerprint density at radius 1 is 1.67 bits per heavy atom. The van der Waals surface area contributed by atoms with Gasteiger partial charge in [0.2, 0.25) is 0 Å². The minimum Gasteiger partial charge on any atom is -0.468 e. The van der Waals surface area contributed by atoms with E-state index in [2.05, 4.69) is 15.3 Å². The molecule has 0 rings (SSSR count). The summed E-state index contributed by atoms with van der Waals surface area (Å²) in [5, 5.41) is 10.7. The zero-order chi connectivity index (χ0) is 11.8. The molecule has 82 valence electrons. The number of alkyl halides is 1. The number of nitriles is 1. The first kappa shape index (κ1) is 13.4. The second kappa shape index (κ2) is 6.79. The van der Waals surface area contributed by atoms with Gasteiger partial charge >= 0.3 is 5.97 Å². The van der Waals surface area contributed by atoms with Crippen molar-refractivity contribution in [1.29, 1.82) is 5.26 Å². The molecule has 0 saturated carbocycles. The van der Waals surface area contributed by atoms with E-state index >= 15 is 0 Å². The highest BCUT2D eigenvalue weighted by atomic mass is 35.5. The van der Waals surface area contributed by atoms with Crippen molar-refractivity contribution in [1.82, 2.24) is 5.43 Å². The zero-order valence-corrected chi connectivity index (χ0v) is 9.04. The molecule has 1 N–H and O–H groups in total. The number of hydrogen-bond acceptors (Lipinski definition) is 5. The molecule has 0 aliphatic carbocycles. The summed E-state index contributed by atoms with van der Waals surface area (Å²) in [7, 11) is 1.19. The van der Waals surface area contributed by atoms with Crippen molar-refractivity contribution in [3.8, 4) is 6.07 Å². The molecule has 15 heavy (non-hydrogen) atoms. The van der Waals surface area contributed by atoms with Gasteiger partial charge in [0.05, 0.1) is 18.9 Å². The standard InChI is InChI=1S/C8H10ClN3O3/c1-5(7(9)8(14)15-2)11-12-6(13)3-4-10/h7H,3H2,1-2H3,(H,12,13)/b11-5+. The Kier molecular flexibility index (Phi) is 6.06. The molecular formula is C8H10ClN3O3. The largest absolute Gasteiger partial charge is 0.468 e. The summed E-state index contributed by atoms with van der Waals surface area (Å²) in [4.78, 5) is 21.7. The molecule has 1 unspecified atom stereocenters. The molecule has 0 heterocycles. The van der Waals surface area contributed by atoms with Crippen LogP contribution in [0.4, 0.5) is 0 Å². The van der Waals surface area contributed by atoms with Crippen LogP contribution in [-0.4, -0.2) is 30.1 Å². The topological polar surface area (TPSA) is 91.5 Å². The number of hydrazone groups is 1. The Hall–Kier alpha value is -1.61. The van der Waals surface area contributed by atoms with Crippen LogP contribution in [-0.2, 0) is 14.3 Å². The third-order valence-electron chi connectivity index (χ3n) is 1.37. The molecule has 1 atom stereocenters. The lowest BCUT2D eigenvalue weighted by molar-refractivity contribution is -0.138. The molecule has 0 radical (unpaired) electrons. The summed E-state index contributed by atoms with van der Waals surface area (Å²) in [6, 6.07) is 1.65. The first-order chi connectivity index (χ1) is 7.02. The van der Waals surface area contributed by atoms with E-state index in [9.17, 15) is 9.59 Å². The average molecular weight is 232 g/mol. The molecular weight excluding hydrogens is 222 g/mol. The third kappa shape index (κ3) is 4.98. The highest BCUT2D eigenvalue weighted by Gasteiger charge is 2.19. The Bertz CT molecular complexity index is 322. The number of carbonyl (C=O) groups is 2. The zero-order valence-electron chi connectivity index (χ0n) is 8.28. The second-order valence-electron chi connectivity index (χ2n) is 2.51. The van der Waals surface area contributed by atoms with Crippen LogP contribution in [0.15, 0.2) is 5.10 Å². The van der Waals surface area contributed by atoms with Crippen molar-refractivity contribution in [2.45, 2.75) is 18.7 Å². The summed E-state index contributed by atoms with van der Waals surface area (Å²) >= 11 is 5.62. The van der Waals surface area contributed by atoms with Crippen LogP contribution < -0.4 is 5.43 Å². The van der Waals surface area contributed by atoms with Gasteiger partial charge in [0.15, 0.2) is 5.38 Å². The van der Waals surface area contributed by atoms with Crippen LogP contribution in [0.2, 0.25) is 0 Å². The minimum absolute atomic E-state index is 0.190. The van der Waals surface area contributed by atoms with Crippen LogP contribution in [0.3, 0.4) is 0 Å². The van der Waals surface area contributed by atoms with Crippen molar-refractivity contribution in [2.24, 2.45) is 5.10 Å². The predicted molar refractivity (Wildman–Crippen MR) is 53.1 cm³/mol. The second-order valence-corrected chi connectivity index (χ2v) is 2.95. The van der Waals surface area contributed by atoms with Crippen LogP contribution >= 0.6 is 11.6 Å². The van der Waals surface area contributed by atoms with E-state index in [0.29, 0.717) is 0 Å². The summed E-state index contributed by atoms with van der Waals surface area (Å²) in [5.41, 5.74) is 2.27. The highest BCUT2D eigenvalue weighted by Crippen LogP contribution is 2.01. The summed E-state index contributed by atoms with van der Waals surface area (Å²) in [5.74, 6) is -1.22. The SMILES string of the molecule is COC(=O)C(Cl)/C(C)=N/NC(=O)CC#N. The molecule has 6 nitrogen and oxygen atoms in total. The van der Waals surface area contributed by atoms with Gasteiger partial charge in [-0.25, -0.2) is 5.43 Å². The van der Waals surface area contributed by atoms with Gasteiger partial charge in [-0.3, -0.25) is 9.59 Å². The number of ether oxygens (including phenoxy) is 1. The van der Waals surface area contributed by atoms with E-state index in [1.807, 2.05) is 0 Å². The quantitative estimate of drug-likeness (QED) is 0.323. The molecule has 0 aromatic heterocycles. The van der Waals surface area contributed by atoms with E-state index in [4.69, 9.17) is 16.9 Å². The fraction of sp³-hybridized carbons (Fsp3) is 0.500. The number of hydrogen-bond donors (Lipinski definition) is 1. The molecule has 7 heteroatoms. The lowest BCUT2D eigenvalue weighted by Crippen LogP contribution is -2.27. The summed E-state index contributed by atoms with van der Waals surface area (Å²) < 4.78 is 4.37. The lowest BCUT2D eigenvalue weighted by atomic mass is 10.3. The maximum Gasteiger partial charge on any atom is 0.329 e. The van der Waals surface area contributed by atoms with E-state index in [-0.39, 0.29) is 12.1 Å². The molecule has 0 fully saturated rings. The first-order valence-corrected chi connectivity index (χ1v) is 4.38. The highest BCUT2D eigenvalue weighted by molar-refractivity contribution is 6.41. The number of esters is 1. The van der Waals surface area contributed by atoms with Crippen LogP contribution in [0, 0.1) is 11.3 Å². The maximum atomic E-state index is 10.9. The molecule has 0 spiro atoms. The number of methoxy groups -OCH3 is 1. The molecule has 0 saturated heterocycles. The van der Waals surface area contributed by atoms with E-state index in [0.717, 1.165) is 0 Å². The Labute approximate surface area is 91.8 Å². The fourth-order valence-corrected chi connectivity index (χ4v) is 0.730. The van der Waals surface area contributed by atoms with Crippen LogP contribution in [0.1, 0.15) is 13.3 Å². The Balaban J connectivity index is 4.26. The molecule has 0 bridgehead atoms. The van der Waals surface area contributed by atoms with Crippen molar-refractivity contribution in [3.63, 3.8) is 0 Å². The maximum absolute atomic E-state index is 10.9. The van der Waals surface area contributed by atoms with Gasteiger partial charge < -0.3 is 4.74 Å². The van der Waals surface area contributed by atoms with Crippen LogP contribution in [0.5, 0.6) is 0 Å². The number of carbonyl (C=O) groups excluding carboxylic acids is 2. The molecule has 0 aliphatic rings. The van der Waals surface area contributed by atoms with Gasteiger partial charge in [0, 0.05) is 0 Å². The minimum atomic E-state index is -1.04. The van der Waals surface area contributed by atoms with Gasteiger partial charge in [-0.2, -0.15) is 10.4 Å². The van der Waals surface area contributed by atoms with Gasteiger partial charge in [-0.1, -0.05) is 0 Å². The number of nitrogens with one attached hydrogen (secondary N) is 1. The van der Waals surface area contributed by atoms with Crippen molar-refractivity contribution >= 4 is 29.2 Å². The van der Waals surface area contributed by atoms with E-state index < -0.39 is 17.3 Å². The molecule has 0 aromatic rings. The normalized spacial score (nSPS) is 12.5. The smallest absolute Gasteiger partial charge is 0.329 e. The fourth-order valence-electron chi connectivity index (χ4n) is 0.593. The molecule has 0 aliphatic heterocycles. The van der Waals surface area contributed by atoms with Crippen molar-refractivity contribution in [3.05, 3.63) is 0 Å². The van der Waals surface area contributed by atoms with Gasteiger partial charge in [0.25, 0.3) is 5.91 Å². The van der Waals surface area contributed by atoms with E-state index in [1.54, 1.807) is 6.07 Å². The van der Waals surface area contributed by atoms with Gasteiger partial charge in [-0.05, 0) is 6.92 Å². The number of rotatable bonds is 4. The van der Waals surface area contributed by atoms with Crippen LogP contribution in [0.25, 0.3) is 0 Å². The Morgan fingerprint density at radius 3 is 2.73 bits per heavy atom. The predicted octanol–water partition coefficient (Wildman–Crippen LogP) is 0.173. The van der Waals surface area contributed by atoms with E-state index in [1.165, 1.54) is 14.0 Å². The molecule has 0 aromatic carbocycles. The number of amides is 1. The molecule has 1 amide bonds. The summed E-state index contributed by atoms with van der Waals surface area (Å²) in [6.45, 7) is 1.46. The Morgan fingerprint density at radius 2 is 2.27 bits per heavy atom. The van der Waals surface area contributed by atoms with Crippen molar-refractivity contribution in [2.75, 3.05) is 7.11 Å². The van der Waals surface area contributed by atoms with Crippen molar-refractivity contribution < 1.29 is 14.3 Å². The lowest BCUT2D eigenvalue weighted by Gasteiger charge is -2.06. The first-order valence-electron chi connectivity index (χ1n) is 3.94. The number of halogens is 1. The average Bonchev–Trinajstić information content (AvgIpc) is 2.24.